The Labute approximate surface area is 211 Å². The molecule has 1 spiro atoms. The van der Waals surface area contributed by atoms with Crippen molar-refractivity contribution in [1.82, 2.24) is 5.32 Å². The number of benzene rings is 3. The molecule has 0 saturated carbocycles. The van der Waals surface area contributed by atoms with E-state index in [1.165, 1.54) is 31.4 Å². The van der Waals surface area contributed by atoms with Crippen molar-refractivity contribution in [2.45, 2.75) is 18.4 Å². The highest BCUT2D eigenvalue weighted by Gasteiger charge is 2.54. The van der Waals surface area contributed by atoms with Crippen molar-refractivity contribution < 1.29 is 34.0 Å². The molecule has 0 aromatic heterocycles. The van der Waals surface area contributed by atoms with Gasteiger partial charge in [0.15, 0.2) is 10.7 Å². The Balaban J connectivity index is 1.53. The number of thiocarbonyl (C=S) groups is 1. The Bertz CT molecular complexity index is 1350. The second kappa shape index (κ2) is 9.04. The smallest absolute Gasteiger partial charge is 0.342 e. The van der Waals surface area contributed by atoms with E-state index in [0.717, 1.165) is 0 Å². The van der Waals surface area contributed by atoms with Crippen LogP contribution in [0.1, 0.15) is 39.9 Å². The number of anilines is 1. The second-order valence-corrected chi connectivity index (χ2v) is 8.73. The molecule has 3 aromatic carbocycles. The highest BCUT2D eigenvalue weighted by atomic mass is 32.1. The van der Waals surface area contributed by atoms with Gasteiger partial charge in [0.2, 0.25) is 0 Å². The Kier molecular flexibility index (Phi) is 5.89. The van der Waals surface area contributed by atoms with Gasteiger partial charge in [-0.15, -0.1) is 0 Å². The molecule has 9 nitrogen and oxygen atoms in total. The van der Waals surface area contributed by atoms with E-state index in [4.69, 9.17) is 21.7 Å². The van der Waals surface area contributed by atoms with Crippen LogP contribution in [-0.4, -0.2) is 40.9 Å². The molecule has 0 aliphatic carbocycles. The summed E-state index contributed by atoms with van der Waals surface area (Å²) in [6.45, 7) is 0.440. The molecule has 0 amide bonds. The lowest BCUT2D eigenvalue weighted by atomic mass is 9.77. The third-order valence-electron chi connectivity index (χ3n) is 6.12. The zero-order chi connectivity index (χ0) is 25.4. The van der Waals surface area contributed by atoms with E-state index >= 15 is 0 Å². The zero-order valence-electron chi connectivity index (χ0n) is 19.2. The van der Waals surface area contributed by atoms with E-state index in [-0.39, 0.29) is 29.0 Å². The molecular formula is C26H22N2O7S. The molecule has 36 heavy (non-hydrogen) atoms. The van der Waals surface area contributed by atoms with E-state index in [0.29, 0.717) is 52.4 Å². The molecule has 2 heterocycles. The number of phenolic OH excluding ortho intramolecular Hbond substituents is 2. The van der Waals surface area contributed by atoms with Gasteiger partial charge in [-0.05, 0) is 49.0 Å². The fraction of sp³-hybridized carbons (Fsp3) is 0.192. The first-order valence-electron chi connectivity index (χ1n) is 11.2. The number of methoxy groups -OCH3 is 1. The summed E-state index contributed by atoms with van der Waals surface area (Å²) < 4.78 is 16.7. The molecule has 0 fully saturated rings. The number of rotatable bonds is 5. The minimum atomic E-state index is -1.36. The van der Waals surface area contributed by atoms with Crippen LogP contribution < -0.4 is 15.4 Å². The fourth-order valence-corrected chi connectivity index (χ4v) is 4.77. The fourth-order valence-electron chi connectivity index (χ4n) is 4.55. The van der Waals surface area contributed by atoms with Gasteiger partial charge in [0.05, 0.1) is 18.4 Å². The summed E-state index contributed by atoms with van der Waals surface area (Å²) in [4.78, 5) is 24.6. The van der Waals surface area contributed by atoms with Gasteiger partial charge >= 0.3 is 11.9 Å². The molecule has 3 aromatic rings. The molecule has 0 bridgehead atoms. The van der Waals surface area contributed by atoms with Crippen molar-refractivity contribution in [2.24, 2.45) is 0 Å². The van der Waals surface area contributed by atoms with Crippen molar-refractivity contribution >= 4 is 35.0 Å². The van der Waals surface area contributed by atoms with E-state index in [1.807, 2.05) is 0 Å². The molecule has 2 aliphatic heterocycles. The topological polar surface area (TPSA) is 126 Å². The summed E-state index contributed by atoms with van der Waals surface area (Å²) in [5.41, 5.74) is 1.03. The molecule has 0 saturated heterocycles. The number of hydrogen-bond donors (Lipinski definition) is 4. The number of aromatic hydroxyl groups is 2. The average molecular weight is 507 g/mol. The summed E-state index contributed by atoms with van der Waals surface area (Å²) in [6, 6.07) is 14.4. The first kappa shape index (κ1) is 23.4. The van der Waals surface area contributed by atoms with Crippen LogP contribution in [0.3, 0.4) is 0 Å². The monoisotopic (exact) mass is 506 g/mol. The van der Waals surface area contributed by atoms with Crippen LogP contribution in [0.4, 0.5) is 5.69 Å². The standard InChI is InChI=1S/C26H22N2O7S/c1-33-22(31)6-3-11-27-25(36)28-19-5-2-4-18-23(19)24(32)35-26(18)16-9-7-14(29)12-20(16)34-21-13-15(30)8-10-17(21)26/h2,4-5,7-10,12-13,29-30H,3,6,11H2,1H3,(H2,27,28,36). The van der Waals surface area contributed by atoms with Crippen LogP contribution in [0, 0.1) is 0 Å². The van der Waals surface area contributed by atoms with Gasteiger partial charge < -0.3 is 35.1 Å². The number of ether oxygens (including phenoxy) is 3. The normalized spacial score (nSPS) is 14.1. The zero-order valence-corrected chi connectivity index (χ0v) is 20.0. The summed E-state index contributed by atoms with van der Waals surface area (Å²) >= 11 is 5.39. The summed E-state index contributed by atoms with van der Waals surface area (Å²) in [7, 11) is 1.34. The van der Waals surface area contributed by atoms with Crippen molar-refractivity contribution in [3.63, 3.8) is 0 Å². The van der Waals surface area contributed by atoms with E-state index in [2.05, 4.69) is 15.4 Å². The van der Waals surface area contributed by atoms with Crippen LogP contribution >= 0.6 is 12.2 Å². The molecule has 0 unspecified atom stereocenters. The molecule has 4 N–H and O–H groups in total. The molecule has 5 rings (SSSR count). The number of hydrogen-bond acceptors (Lipinski definition) is 8. The Hall–Kier alpha value is -4.31. The number of esters is 2. The van der Waals surface area contributed by atoms with Gasteiger partial charge in [-0.25, -0.2) is 4.79 Å². The van der Waals surface area contributed by atoms with E-state index in [9.17, 15) is 19.8 Å². The van der Waals surface area contributed by atoms with E-state index < -0.39 is 11.6 Å². The van der Waals surface area contributed by atoms with Gasteiger partial charge in [-0.1, -0.05) is 12.1 Å². The van der Waals surface area contributed by atoms with Crippen molar-refractivity contribution in [3.8, 4) is 23.0 Å². The van der Waals surface area contributed by atoms with Crippen LogP contribution in [0.25, 0.3) is 0 Å². The average Bonchev–Trinajstić information content (AvgIpc) is 3.15. The van der Waals surface area contributed by atoms with Gasteiger partial charge in [0.25, 0.3) is 0 Å². The van der Waals surface area contributed by atoms with Gasteiger partial charge in [-0.2, -0.15) is 0 Å². The molecule has 0 atom stereocenters. The maximum absolute atomic E-state index is 13.3. The number of phenols is 2. The largest absolute Gasteiger partial charge is 0.508 e. The molecule has 0 radical (unpaired) electrons. The molecular weight excluding hydrogens is 484 g/mol. The Morgan fingerprint density at radius 2 is 1.69 bits per heavy atom. The highest BCUT2D eigenvalue weighted by Crippen LogP contribution is 2.57. The predicted octanol–water partition coefficient (Wildman–Crippen LogP) is 3.91. The summed E-state index contributed by atoms with van der Waals surface area (Å²) in [5, 5.41) is 26.5. The Morgan fingerprint density at radius 1 is 1.03 bits per heavy atom. The third-order valence-corrected chi connectivity index (χ3v) is 6.37. The van der Waals surface area contributed by atoms with Crippen LogP contribution in [0.15, 0.2) is 54.6 Å². The summed E-state index contributed by atoms with van der Waals surface area (Å²) in [6.07, 6.45) is 0.785. The predicted molar refractivity (Wildman–Crippen MR) is 134 cm³/mol. The lowest BCUT2D eigenvalue weighted by Crippen LogP contribution is -2.33. The highest BCUT2D eigenvalue weighted by molar-refractivity contribution is 7.80. The van der Waals surface area contributed by atoms with Gasteiger partial charge in [-0.3, -0.25) is 4.79 Å². The molecule has 2 aliphatic rings. The minimum absolute atomic E-state index is 0.0175. The van der Waals surface area contributed by atoms with Crippen molar-refractivity contribution in [2.75, 3.05) is 19.0 Å². The first-order chi connectivity index (χ1) is 17.3. The number of carbonyl (C=O) groups excluding carboxylic acids is 2. The lowest BCUT2D eigenvalue weighted by Gasteiger charge is -2.36. The van der Waals surface area contributed by atoms with Crippen LogP contribution in [0.2, 0.25) is 0 Å². The van der Waals surface area contributed by atoms with Crippen LogP contribution in [-0.2, 0) is 19.9 Å². The van der Waals surface area contributed by atoms with Crippen LogP contribution in [0.5, 0.6) is 23.0 Å². The van der Waals surface area contributed by atoms with Gasteiger partial charge in [0.1, 0.15) is 23.0 Å². The molecule has 10 heteroatoms. The second-order valence-electron chi connectivity index (χ2n) is 8.32. The minimum Gasteiger partial charge on any atom is -0.508 e. The quantitative estimate of drug-likeness (QED) is 0.230. The number of fused-ring (bicyclic) bond motifs is 6. The SMILES string of the molecule is COC(=O)CCCNC(=S)Nc1cccc2c1C(=O)OC21c2ccc(O)cc2Oc2cc(O)ccc21. The first-order valence-corrected chi connectivity index (χ1v) is 11.6. The van der Waals surface area contributed by atoms with Gasteiger partial charge in [0, 0.05) is 41.8 Å². The van der Waals surface area contributed by atoms with E-state index in [1.54, 1.807) is 30.3 Å². The number of nitrogens with one attached hydrogen (secondary N) is 2. The Morgan fingerprint density at radius 3 is 2.33 bits per heavy atom. The maximum atomic E-state index is 13.3. The summed E-state index contributed by atoms with van der Waals surface area (Å²) in [5.74, 6) is -0.304. The maximum Gasteiger partial charge on any atom is 0.342 e. The third kappa shape index (κ3) is 3.85. The number of carbonyl (C=O) groups is 2. The molecule has 184 valence electrons. The van der Waals surface area contributed by atoms with Crippen molar-refractivity contribution in [3.05, 3.63) is 76.9 Å². The van der Waals surface area contributed by atoms with Crippen molar-refractivity contribution in [1.29, 1.82) is 0 Å². The lowest BCUT2D eigenvalue weighted by molar-refractivity contribution is -0.140.